The van der Waals surface area contributed by atoms with Gasteiger partial charge in [0.05, 0.1) is 0 Å². The van der Waals surface area contributed by atoms with Crippen molar-refractivity contribution >= 4 is 17.5 Å². The van der Waals surface area contributed by atoms with E-state index in [9.17, 15) is 4.79 Å². The van der Waals surface area contributed by atoms with E-state index in [0.717, 1.165) is 24.8 Å². The number of alkyl halides is 1. The van der Waals surface area contributed by atoms with Crippen molar-refractivity contribution in [1.82, 2.24) is 4.90 Å². The molecule has 0 unspecified atom stereocenters. The summed E-state index contributed by atoms with van der Waals surface area (Å²) < 4.78 is 0. The lowest BCUT2D eigenvalue weighted by Crippen LogP contribution is -2.27. The Kier molecular flexibility index (Phi) is 6.76. The van der Waals surface area contributed by atoms with Crippen molar-refractivity contribution < 1.29 is 9.90 Å². The van der Waals surface area contributed by atoms with Crippen molar-refractivity contribution in [3.8, 4) is 0 Å². The maximum atomic E-state index is 12.1. The minimum atomic E-state index is 0.0194. The number of rotatable bonds is 7. The summed E-state index contributed by atoms with van der Waals surface area (Å²) in [6, 6.07) is 7.40. The minimum Gasteiger partial charge on any atom is -0.396 e. The molecule has 0 heterocycles. The van der Waals surface area contributed by atoms with Gasteiger partial charge in [0.1, 0.15) is 0 Å². The highest BCUT2D eigenvalue weighted by atomic mass is 35.5. The van der Waals surface area contributed by atoms with Crippen LogP contribution in [0.4, 0.5) is 0 Å². The molecule has 100 valence electrons. The van der Waals surface area contributed by atoms with Crippen molar-refractivity contribution in [3.05, 3.63) is 35.4 Å². The minimum absolute atomic E-state index is 0.0194. The van der Waals surface area contributed by atoms with Crippen LogP contribution in [-0.2, 0) is 5.88 Å². The number of amides is 1. The second-order valence-electron chi connectivity index (χ2n) is 4.34. The number of carbonyl (C=O) groups excluding carboxylic acids is 1. The van der Waals surface area contributed by atoms with E-state index in [4.69, 9.17) is 16.7 Å². The van der Waals surface area contributed by atoms with Crippen molar-refractivity contribution in [3.63, 3.8) is 0 Å². The van der Waals surface area contributed by atoms with Gasteiger partial charge in [0.2, 0.25) is 0 Å². The summed E-state index contributed by atoms with van der Waals surface area (Å²) in [4.78, 5) is 13.8. The Balaban J connectivity index is 2.51. The molecule has 1 rings (SSSR count). The number of halogens is 1. The molecular formula is C14H20ClNO2. The van der Waals surface area contributed by atoms with Crippen LogP contribution in [0, 0.1) is 0 Å². The zero-order valence-corrected chi connectivity index (χ0v) is 11.5. The van der Waals surface area contributed by atoms with Gasteiger partial charge in [-0.2, -0.15) is 0 Å². The third-order valence-corrected chi connectivity index (χ3v) is 3.14. The highest BCUT2D eigenvalue weighted by Gasteiger charge is 2.11. The molecule has 0 bridgehead atoms. The van der Waals surface area contributed by atoms with E-state index < -0.39 is 0 Å². The van der Waals surface area contributed by atoms with Crippen LogP contribution in [-0.4, -0.2) is 36.1 Å². The van der Waals surface area contributed by atoms with Gasteiger partial charge in [0.25, 0.3) is 5.91 Å². The van der Waals surface area contributed by atoms with Gasteiger partial charge in [-0.05, 0) is 37.0 Å². The number of aliphatic hydroxyl groups is 1. The van der Waals surface area contributed by atoms with Gasteiger partial charge in [-0.1, -0.05) is 12.1 Å². The molecule has 0 aliphatic heterocycles. The smallest absolute Gasteiger partial charge is 0.253 e. The lowest BCUT2D eigenvalue weighted by atomic mass is 10.1. The Hall–Kier alpha value is -1.06. The topological polar surface area (TPSA) is 40.5 Å². The first-order valence-electron chi connectivity index (χ1n) is 6.20. The van der Waals surface area contributed by atoms with Gasteiger partial charge in [0.15, 0.2) is 0 Å². The molecule has 0 spiro atoms. The van der Waals surface area contributed by atoms with Gasteiger partial charge in [-0.25, -0.2) is 0 Å². The van der Waals surface area contributed by atoms with Crippen LogP contribution >= 0.6 is 11.6 Å². The van der Waals surface area contributed by atoms with Crippen LogP contribution in [0.25, 0.3) is 0 Å². The summed E-state index contributed by atoms with van der Waals surface area (Å²) in [5, 5.41) is 8.68. The fraction of sp³-hybridized carbons (Fsp3) is 0.500. The molecular weight excluding hydrogens is 250 g/mol. The molecule has 0 saturated carbocycles. The van der Waals surface area contributed by atoms with Crippen molar-refractivity contribution in [2.45, 2.75) is 25.1 Å². The molecule has 0 atom stereocenters. The Bertz CT molecular complexity index is 382. The Morgan fingerprint density at radius 1 is 1.33 bits per heavy atom. The standard InChI is InChI=1S/C14H20ClNO2/c1-16(8-3-2-4-9-17)14(18)13-7-5-6-12(10-13)11-15/h5-7,10,17H,2-4,8-9,11H2,1H3. The molecule has 1 N–H and O–H groups in total. The monoisotopic (exact) mass is 269 g/mol. The van der Waals surface area contributed by atoms with Crippen molar-refractivity contribution in [1.29, 1.82) is 0 Å². The third-order valence-electron chi connectivity index (χ3n) is 2.83. The number of unbranched alkanes of at least 4 members (excludes halogenated alkanes) is 2. The first kappa shape index (κ1) is 15.0. The summed E-state index contributed by atoms with van der Waals surface area (Å²) in [6.07, 6.45) is 2.65. The van der Waals surface area contributed by atoms with E-state index in [2.05, 4.69) is 0 Å². The maximum absolute atomic E-state index is 12.1. The largest absolute Gasteiger partial charge is 0.396 e. The predicted molar refractivity (Wildman–Crippen MR) is 73.9 cm³/mol. The zero-order valence-electron chi connectivity index (χ0n) is 10.7. The number of benzene rings is 1. The molecule has 0 fully saturated rings. The first-order valence-corrected chi connectivity index (χ1v) is 6.73. The van der Waals surface area contributed by atoms with Crippen molar-refractivity contribution in [2.24, 2.45) is 0 Å². The molecule has 3 nitrogen and oxygen atoms in total. The van der Waals surface area contributed by atoms with E-state index in [-0.39, 0.29) is 12.5 Å². The summed E-state index contributed by atoms with van der Waals surface area (Å²) in [5.41, 5.74) is 1.63. The first-order chi connectivity index (χ1) is 8.69. The molecule has 0 saturated heterocycles. The SMILES string of the molecule is CN(CCCCCO)C(=O)c1cccc(CCl)c1. The average molecular weight is 270 g/mol. The normalized spacial score (nSPS) is 10.4. The molecule has 1 aromatic rings. The number of carbonyl (C=O) groups is 1. The van der Waals surface area contributed by atoms with E-state index in [1.54, 1.807) is 11.9 Å². The molecule has 1 aromatic carbocycles. The van der Waals surface area contributed by atoms with Crippen LogP contribution in [0.3, 0.4) is 0 Å². The Morgan fingerprint density at radius 3 is 2.78 bits per heavy atom. The van der Waals surface area contributed by atoms with Gasteiger partial charge in [-0.3, -0.25) is 4.79 Å². The zero-order chi connectivity index (χ0) is 13.4. The van der Waals surface area contributed by atoms with Crippen LogP contribution in [0.15, 0.2) is 24.3 Å². The van der Waals surface area contributed by atoms with Crippen LogP contribution in [0.1, 0.15) is 35.2 Å². The van der Waals surface area contributed by atoms with E-state index in [0.29, 0.717) is 18.0 Å². The molecule has 1 amide bonds. The molecule has 18 heavy (non-hydrogen) atoms. The molecule has 0 aliphatic rings. The Labute approximate surface area is 113 Å². The molecule has 0 aromatic heterocycles. The van der Waals surface area contributed by atoms with Gasteiger partial charge >= 0.3 is 0 Å². The number of hydrogen-bond acceptors (Lipinski definition) is 2. The number of hydrogen-bond donors (Lipinski definition) is 1. The lowest BCUT2D eigenvalue weighted by Gasteiger charge is -2.17. The van der Waals surface area contributed by atoms with Gasteiger partial charge in [-0.15, -0.1) is 11.6 Å². The average Bonchev–Trinajstić information content (AvgIpc) is 2.42. The second kappa shape index (κ2) is 8.11. The fourth-order valence-corrected chi connectivity index (χ4v) is 1.91. The summed E-state index contributed by atoms with van der Waals surface area (Å²) in [7, 11) is 1.80. The highest BCUT2D eigenvalue weighted by Crippen LogP contribution is 2.10. The van der Waals surface area contributed by atoms with E-state index in [1.165, 1.54) is 0 Å². The predicted octanol–water partition coefficient (Wildman–Crippen LogP) is 2.66. The highest BCUT2D eigenvalue weighted by molar-refractivity contribution is 6.17. The van der Waals surface area contributed by atoms with Crippen molar-refractivity contribution in [2.75, 3.05) is 20.2 Å². The molecule has 4 heteroatoms. The fourth-order valence-electron chi connectivity index (χ4n) is 1.75. The van der Waals surface area contributed by atoms with E-state index in [1.807, 2.05) is 24.3 Å². The number of aliphatic hydroxyl groups excluding tert-OH is 1. The van der Waals surface area contributed by atoms with E-state index >= 15 is 0 Å². The maximum Gasteiger partial charge on any atom is 0.253 e. The van der Waals surface area contributed by atoms with Crippen LogP contribution in [0.5, 0.6) is 0 Å². The summed E-state index contributed by atoms with van der Waals surface area (Å²) >= 11 is 5.75. The lowest BCUT2D eigenvalue weighted by molar-refractivity contribution is 0.0792. The van der Waals surface area contributed by atoms with Gasteiger partial charge < -0.3 is 10.0 Å². The quantitative estimate of drug-likeness (QED) is 0.611. The second-order valence-corrected chi connectivity index (χ2v) is 4.61. The summed E-state index contributed by atoms with van der Waals surface area (Å²) in [6.45, 7) is 0.930. The van der Waals surface area contributed by atoms with Gasteiger partial charge in [0, 0.05) is 31.6 Å². The molecule has 0 aliphatic carbocycles. The van der Waals surface area contributed by atoms with Crippen LogP contribution in [0.2, 0.25) is 0 Å². The Morgan fingerprint density at radius 2 is 2.11 bits per heavy atom. The molecule has 0 radical (unpaired) electrons. The third kappa shape index (κ3) is 4.67. The summed E-state index contributed by atoms with van der Waals surface area (Å²) in [5.74, 6) is 0.437. The van der Waals surface area contributed by atoms with Crippen LogP contribution < -0.4 is 0 Å². The number of nitrogens with zero attached hydrogens (tertiary/aromatic N) is 1.